The van der Waals surface area contributed by atoms with Crippen LogP contribution in [0.1, 0.15) is 19.8 Å². The number of piperidine rings is 1. The van der Waals surface area contributed by atoms with Crippen molar-refractivity contribution in [2.75, 3.05) is 33.3 Å². The van der Waals surface area contributed by atoms with E-state index in [9.17, 15) is 8.42 Å². The number of sulfonamides is 1. The largest absolute Gasteiger partial charge is 0.394 e. The summed E-state index contributed by atoms with van der Waals surface area (Å²) < 4.78 is 28.1. The Morgan fingerprint density at radius 2 is 2.10 bits per heavy atom. The van der Waals surface area contributed by atoms with Gasteiger partial charge in [0.25, 0.3) is 0 Å². The highest BCUT2D eigenvalue weighted by molar-refractivity contribution is 7.89. The SMILES string of the molecule is CCN1CCC(N(C)S(=O)(=O)c2cnn(CCO)c2)CC1. The molecule has 1 saturated heterocycles. The molecule has 21 heavy (non-hydrogen) atoms. The number of aromatic nitrogens is 2. The van der Waals surface area contributed by atoms with Crippen LogP contribution in [0, 0.1) is 0 Å². The van der Waals surface area contributed by atoms with Crippen LogP contribution in [0.3, 0.4) is 0 Å². The van der Waals surface area contributed by atoms with Crippen molar-refractivity contribution in [2.45, 2.75) is 37.2 Å². The van der Waals surface area contributed by atoms with Gasteiger partial charge in [0.05, 0.1) is 19.3 Å². The quantitative estimate of drug-likeness (QED) is 0.798. The molecule has 0 radical (unpaired) electrons. The molecule has 0 saturated carbocycles. The first-order chi connectivity index (χ1) is 9.98. The lowest BCUT2D eigenvalue weighted by Crippen LogP contribution is -2.45. The molecule has 7 nitrogen and oxygen atoms in total. The van der Waals surface area contributed by atoms with Crippen molar-refractivity contribution < 1.29 is 13.5 Å². The summed E-state index contributed by atoms with van der Waals surface area (Å²) in [5.41, 5.74) is 0. The summed E-state index contributed by atoms with van der Waals surface area (Å²) in [4.78, 5) is 2.52. The van der Waals surface area contributed by atoms with Gasteiger partial charge in [0, 0.05) is 19.3 Å². The molecule has 2 rings (SSSR count). The van der Waals surface area contributed by atoms with Crippen LogP contribution in [0.4, 0.5) is 0 Å². The Kier molecular flexibility index (Phi) is 5.37. The van der Waals surface area contributed by atoms with Crippen molar-refractivity contribution >= 4 is 10.0 Å². The topological polar surface area (TPSA) is 78.7 Å². The fraction of sp³-hybridized carbons (Fsp3) is 0.769. The second-order valence-electron chi connectivity index (χ2n) is 5.35. The predicted octanol–water partition coefficient (Wildman–Crippen LogP) is -0.0198. The maximum Gasteiger partial charge on any atom is 0.246 e. The lowest BCUT2D eigenvalue weighted by atomic mass is 10.1. The van der Waals surface area contributed by atoms with E-state index in [-0.39, 0.29) is 17.5 Å². The van der Waals surface area contributed by atoms with Crippen molar-refractivity contribution in [1.82, 2.24) is 19.0 Å². The van der Waals surface area contributed by atoms with Crippen LogP contribution in [-0.2, 0) is 16.6 Å². The number of rotatable bonds is 6. The van der Waals surface area contributed by atoms with Gasteiger partial charge in [-0.25, -0.2) is 8.42 Å². The van der Waals surface area contributed by atoms with Gasteiger partial charge in [-0.15, -0.1) is 0 Å². The summed E-state index contributed by atoms with van der Waals surface area (Å²) in [6, 6.07) is 0.0407. The summed E-state index contributed by atoms with van der Waals surface area (Å²) in [5, 5.41) is 12.8. The second kappa shape index (κ2) is 6.87. The molecule has 0 aromatic carbocycles. The van der Waals surface area contributed by atoms with Gasteiger partial charge in [0.2, 0.25) is 10.0 Å². The summed E-state index contributed by atoms with van der Waals surface area (Å²) in [6.07, 6.45) is 4.54. The minimum atomic E-state index is -3.51. The normalized spacial score (nSPS) is 18.5. The molecule has 1 fully saturated rings. The summed E-state index contributed by atoms with van der Waals surface area (Å²) >= 11 is 0. The second-order valence-corrected chi connectivity index (χ2v) is 7.35. The molecule has 0 aliphatic carbocycles. The molecule has 0 spiro atoms. The van der Waals surface area contributed by atoms with Gasteiger partial charge in [-0.05, 0) is 32.5 Å². The van der Waals surface area contributed by atoms with Gasteiger partial charge >= 0.3 is 0 Å². The molecule has 1 aromatic rings. The first-order valence-corrected chi connectivity index (χ1v) is 8.76. The smallest absolute Gasteiger partial charge is 0.246 e. The first kappa shape index (κ1) is 16.4. The van der Waals surface area contributed by atoms with Gasteiger partial charge in [-0.2, -0.15) is 9.40 Å². The number of aliphatic hydroxyl groups is 1. The minimum Gasteiger partial charge on any atom is -0.394 e. The molecule has 0 atom stereocenters. The lowest BCUT2D eigenvalue weighted by Gasteiger charge is -2.35. The van der Waals surface area contributed by atoms with Crippen LogP contribution < -0.4 is 0 Å². The van der Waals surface area contributed by atoms with Crippen LogP contribution in [-0.4, -0.2) is 71.8 Å². The van der Waals surface area contributed by atoms with E-state index in [1.807, 2.05) is 0 Å². The van der Waals surface area contributed by atoms with Crippen molar-refractivity contribution in [3.05, 3.63) is 12.4 Å². The molecular formula is C13H24N4O3S. The predicted molar refractivity (Wildman–Crippen MR) is 79.4 cm³/mol. The Morgan fingerprint density at radius 1 is 1.43 bits per heavy atom. The molecule has 1 aliphatic rings. The Morgan fingerprint density at radius 3 is 2.67 bits per heavy atom. The zero-order valence-corrected chi connectivity index (χ0v) is 13.5. The minimum absolute atomic E-state index is 0.0407. The lowest BCUT2D eigenvalue weighted by molar-refractivity contribution is 0.176. The van der Waals surface area contributed by atoms with Crippen molar-refractivity contribution in [3.63, 3.8) is 0 Å². The van der Waals surface area contributed by atoms with Crippen molar-refractivity contribution in [3.8, 4) is 0 Å². The van der Waals surface area contributed by atoms with E-state index in [2.05, 4.69) is 16.9 Å². The molecule has 120 valence electrons. The number of likely N-dealkylation sites (tertiary alicyclic amines) is 1. The van der Waals surface area contributed by atoms with Gasteiger partial charge in [-0.1, -0.05) is 6.92 Å². The van der Waals surface area contributed by atoms with Gasteiger partial charge in [0.1, 0.15) is 4.90 Å². The number of hydrogen-bond donors (Lipinski definition) is 1. The fourth-order valence-electron chi connectivity index (χ4n) is 2.66. The van der Waals surface area contributed by atoms with E-state index < -0.39 is 10.0 Å². The number of aliphatic hydroxyl groups excluding tert-OH is 1. The first-order valence-electron chi connectivity index (χ1n) is 7.32. The molecule has 1 N–H and O–H groups in total. The average molecular weight is 316 g/mol. The van der Waals surface area contributed by atoms with E-state index in [1.54, 1.807) is 7.05 Å². The Bertz CT molecular complexity index is 550. The molecule has 0 amide bonds. The highest BCUT2D eigenvalue weighted by Crippen LogP contribution is 2.22. The summed E-state index contributed by atoms with van der Waals surface area (Å²) in [5.74, 6) is 0. The number of hydrogen-bond acceptors (Lipinski definition) is 5. The highest BCUT2D eigenvalue weighted by atomic mass is 32.2. The van der Waals surface area contributed by atoms with E-state index >= 15 is 0 Å². The molecule has 0 unspecified atom stereocenters. The van der Waals surface area contributed by atoms with E-state index in [0.717, 1.165) is 32.5 Å². The molecular weight excluding hydrogens is 292 g/mol. The van der Waals surface area contributed by atoms with E-state index in [4.69, 9.17) is 5.11 Å². The molecule has 8 heteroatoms. The zero-order valence-electron chi connectivity index (χ0n) is 12.6. The monoisotopic (exact) mass is 316 g/mol. The van der Waals surface area contributed by atoms with E-state index in [0.29, 0.717) is 6.54 Å². The van der Waals surface area contributed by atoms with Crippen LogP contribution in [0.5, 0.6) is 0 Å². The zero-order chi connectivity index (χ0) is 15.5. The third-order valence-electron chi connectivity index (χ3n) is 4.13. The average Bonchev–Trinajstić information content (AvgIpc) is 2.96. The summed E-state index contributed by atoms with van der Waals surface area (Å²) in [7, 11) is -1.87. The van der Waals surface area contributed by atoms with Crippen molar-refractivity contribution in [2.24, 2.45) is 0 Å². The Hall–Kier alpha value is -0.960. The Labute approximate surface area is 126 Å². The number of nitrogens with zero attached hydrogens (tertiary/aromatic N) is 4. The highest BCUT2D eigenvalue weighted by Gasteiger charge is 2.31. The Balaban J connectivity index is 2.07. The molecule has 0 bridgehead atoms. The fourth-order valence-corrected chi connectivity index (χ4v) is 4.04. The maximum atomic E-state index is 12.6. The van der Waals surface area contributed by atoms with Gasteiger partial charge < -0.3 is 10.0 Å². The van der Waals surface area contributed by atoms with Crippen LogP contribution in [0.25, 0.3) is 0 Å². The maximum absolute atomic E-state index is 12.6. The van der Waals surface area contributed by atoms with Gasteiger partial charge in [0.15, 0.2) is 0 Å². The van der Waals surface area contributed by atoms with Crippen LogP contribution in [0.15, 0.2) is 17.3 Å². The van der Waals surface area contributed by atoms with E-state index in [1.165, 1.54) is 21.4 Å². The van der Waals surface area contributed by atoms with Crippen LogP contribution in [0.2, 0.25) is 0 Å². The van der Waals surface area contributed by atoms with Gasteiger partial charge in [-0.3, -0.25) is 4.68 Å². The third-order valence-corrected chi connectivity index (χ3v) is 6.00. The third kappa shape index (κ3) is 3.63. The van der Waals surface area contributed by atoms with Crippen molar-refractivity contribution in [1.29, 1.82) is 0 Å². The molecule has 2 heterocycles. The molecule has 1 aliphatic heterocycles. The standard InChI is InChI=1S/C13H24N4O3S/c1-3-16-6-4-12(5-7-16)15(2)21(19,20)13-10-14-17(11-13)8-9-18/h10-12,18H,3-9H2,1-2H3. The molecule has 1 aromatic heterocycles. The summed E-state index contributed by atoms with van der Waals surface area (Å²) in [6.45, 7) is 5.24. The van der Waals surface area contributed by atoms with Crippen LogP contribution >= 0.6 is 0 Å².